The molecule has 0 rings (SSSR count). The first kappa shape index (κ1) is 13.7. The van der Waals surface area contributed by atoms with E-state index in [1.54, 1.807) is 11.8 Å². The molecule has 2 unspecified atom stereocenters. The lowest BCUT2D eigenvalue weighted by molar-refractivity contribution is -0.131. The minimum absolute atomic E-state index is 0.115. The highest BCUT2D eigenvalue weighted by Crippen LogP contribution is 2.01. The third-order valence-electron chi connectivity index (χ3n) is 2.00. The number of amides is 1. The van der Waals surface area contributed by atoms with Crippen molar-refractivity contribution < 1.29 is 9.53 Å². The van der Waals surface area contributed by atoms with Gasteiger partial charge in [-0.3, -0.25) is 4.79 Å². The summed E-state index contributed by atoms with van der Waals surface area (Å²) in [6.07, 6.45) is 2.42. The first-order valence-electron chi connectivity index (χ1n) is 4.71. The second kappa shape index (κ2) is 8.08. The van der Waals surface area contributed by atoms with Gasteiger partial charge in [0.1, 0.15) is 6.10 Å². The van der Waals surface area contributed by atoms with Crippen molar-refractivity contribution in [1.82, 2.24) is 5.32 Å². The van der Waals surface area contributed by atoms with Gasteiger partial charge in [0, 0.05) is 25.4 Å². The fraction of sp³-hybridized carbons (Fsp3) is 0.889. The van der Waals surface area contributed by atoms with Gasteiger partial charge in [-0.05, 0) is 12.7 Å². The molecule has 3 N–H and O–H groups in total. The number of methoxy groups -OCH3 is 1. The van der Waals surface area contributed by atoms with E-state index in [0.717, 1.165) is 12.2 Å². The first-order chi connectivity index (χ1) is 6.69. The molecule has 0 aromatic rings. The van der Waals surface area contributed by atoms with E-state index in [-0.39, 0.29) is 18.5 Å². The highest BCUT2D eigenvalue weighted by atomic mass is 32.2. The lowest BCUT2D eigenvalue weighted by Gasteiger charge is -2.19. The van der Waals surface area contributed by atoms with Gasteiger partial charge >= 0.3 is 0 Å². The van der Waals surface area contributed by atoms with Gasteiger partial charge in [-0.2, -0.15) is 11.8 Å². The van der Waals surface area contributed by atoms with E-state index in [9.17, 15) is 4.79 Å². The van der Waals surface area contributed by atoms with Crippen LogP contribution in [0.5, 0.6) is 0 Å². The molecule has 0 heterocycles. The SMILES string of the molecule is CCC(CSC)NC(=O)C(CN)OC. The molecule has 84 valence electrons. The number of carbonyl (C=O) groups is 1. The molecule has 0 aliphatic heterocycles. The summed E-state index contributed by atoms with van der Waals surface area (Å²) in [5.74, 6) is 0.805. The zero-order valence-corrected chi connectivity index (χ0v) is 9.89. The molecule has 0 fully saturated rings. The van der Waals surface area contributed by atoms with Crippen LogP contribution in [0.2, 0.25) is 0 Å². The minimum Gasteiger partial charge on any atom is -0.370 e. The molecule has 0 aromatic carbocycles. The van der Waals surface area contributed by atoms with Crippen molar-refractivity contribution in [2.45, 2.75) is 25.5 Å². The molecule has 5 heteroatoms. The maximum atomic E-state index is 11.5. The largest absolute Gasteiger partial charge is 0.370 e. The van der Waals surface area contributed by atoms with Crippen LogP contribution < -0.4 is 11.1 Å². The fourth-order valence-electron chi connectivity index (χ4n) is 1.07. The van der Waals surface area contributed by atoms with Gasteiger partial charge in [0.25, 0.3) is 5.91 Å². The number of carbonyl (C=O) groups excluding carboxylic acids is 1. The second-order valence-electron chi connectivity index (χ2n) is 3.03. The number of nitrogens with one attached hydrogen (secondary N) is 1. The number of ether oxygens (including phenoxy) is 1. The predicted molar refractivity (Wildman–Crippen MR) is 60.5 cm³/mol. The molecule has 0 radical (unpaired) electrons. The third-order valence-corrected chi connectivity index (χ3v) is 2.73. The minimum atomic E-state index is -0.522. The monoisotopic (exact) mass is 220 g/mol. The number of hydrogen-bond acceptors (Lipinski definition) is 4. The number of thioether (sulfide) groups is 1. The Hall–Kier alpha value is -0.260. The van der Waals surface area contributed by atoms with Crippen LogP contribution in [-0.4, -0.2) is 43.7 Å². The Morgan fingerprint density at radius 2 is 2.29 bits per heavy atom. The Kier molecular flexibility index (Phi) is 7.93. The standard InChI is InChI=1S/C9H20N2O2S/c1-4-7(6-14-3)11-9(12)8(5-10)13-2/h7-8H,4-6,10H2,1-3H3,(H,11,12). The fourth-order valence-corrected chi connectivity index (χ4v) is 1.79. The van der Waals surface area contributed by atoms with Gasteiger partial charge in [0.05, 0.1) is 0 Å². The molecule has 0 aromatic heterocycles. The molecule has 4 nitrogen and oxygen atoms in total. The van der Waals surface area contributed by atoms with E-state index in [1.807, 2.05) is 13.2 Å². The number of nitrogens with two attached hydrogens (primary N) is 1. The van der Waals surface area contributed by atoms with Crippen molar-refractivity contribution in [2.75, 3.05) is 25.7 Å². The van der Waals surface area contributed by atoms with Crippen molar-refractivity contribution in [3.05, 3.63) is 0 Å². The second-order valence-corrected chi connectivity index (χ2v) is 3.94. The van der Waals surface area contributed by atoms with E-state index in [0.29, 0.717) is 0 Å². The topological polar surface area (TPSA) is 64.4 Å². The van der Waals surface area contributed by atoms with E-state index in [1.165, 1.54) is 7.11 Å². The maximum absolute atomic E-state index is 11.5. The summed E-state index contributed by atoms with van der Waals surface area (Å²) in [7, 11) is 1.49. The van der Waals surface area contributed by atoms with Gasteiger partial charge in [-0.15, -0.1) is 0 Å². The van der Waals surface area contributed by atoms with Gasteiger partial charge in [-0.1, -0.05) is 6.92 Å². The zero-order valence-electron chi connectivity index (χ0n) is 9.08. The van der Waals surface area contributed by atoms with Gasteiger partial charge < -0.3 is 15.8 Å². The summed E-state index contributed by atoms with van der Waals surface area (Å²) in [6.45, 7) is 2.27. The van der Waals surface area contributed by atoms with Crippen molar-refractivity contribution >= 4 is 17.7 Å². The molecule has 1 amide bonds. The van der Waals surface area contributed by atoms with Crippen LogP contribution in [0.1, 0.15) is 13.3 Å². The van der Waals surface area contributed by atoms with Gasteiger partial charge in [0.2, 0.25) is 0 Å². The van der Waals surface area contributed by atoms with E-state index in [4.69, 9.17) is 10.5 Å². The molecule has 0 aliphatic rings. The summed E-state index contributed by atoms with van der Waals surface area (Å²) in [5.41, 5.74) is 5.38. The van der Waals surface area contributed by atoms with Crippen LogP contribution in [0.3, 0.4) is 0 Å². The van der Waals surface area contributed by atoms with E-state index < -0.39 is 6.10 Å². The lowest BCUT2D eigenvalue weighted by Crippen LogP contribution is -2.45. The Morgan fingerprint density at radius 1 is 1.64 bits per heavy atom. The molecule has 2 atom stereocenters. The molecular formula is C9H20N2O2S. The summed E-state index contributed by atoms with van der Waals surface area (Å²) < 4.78 is 4.94. The summed E-state index contributed by atoms with van der Waals surface area (Å²) in [5, 5.41) is 2.90. The van der Waals surface area contributed by atoms with Crippen LogP contribution in [0.25, 0.3) is 0 Å². The normalized spacial score (nSPS) is 14.9. The summed E-state index contributed by atoms with van der Waals surface area (Å²) in [6, 6.07) is 0.210. The molecule has 0 saturated carbocycles. The summed E-state index contributed by atoms with van der Waals surface area (Å²) in [4.78, 5) is 11.5. The van der Waals surface area contributed by atoms with Crippen molar-refractivity contribution in [3.8, 4) is 0 Å². The molecule has 0 bridgehead atoms. The van der Waals surface area contributed by atoms with Gasteiger partial charge in [-0.25, -0.2) is 0 Å². The van der Waals surface area contributed by atoms with Crippen LogP contribution in [0.4, 0.5) is 0 Å². The van der Waals surface area contributed by atoms with Crippen LogP contribution in [0.15, 0.2) is 0 Å². The van der Waals surface area contributed by atoms with E-state index in [2.05, 4.69) is 5.32 Å². The number of rotatable bonds is 7. The molecule has 14 heavy (non-hydrogen) atoms. The smallest absolute Gasteiger partial charge is 0.250 e. The Balaban J connectivity index is 3.99. The Morgan fingerprint density at radius 3 is 2.64 bits per heavy atom. The first-order valence-corrected chi connectivity index (χ1v) is 6.11. The molecule has 0 aliphatic carbocycles. The Bertz CT molecular complexity index is 163. The Labute approximate surface area is 89.9 Å². The number of hydrogen-bond donors (Lipinski definition) is 2. The molecular weight excluding hydrogens is 200 g/mol. The zero-order chi connectivity index (χ0) is 11.0. The molecule has 0 saturated heterocycles. The lowest BCUT2D eigenvalue weighted by atomic mass is 10.2. The quantitative estimate of drug-likeness (QED) is 0.644. The van der Waals surface area contributed by atoms with E-state index >= 15 is 0 Å². The third kappa shape index (κ3) is 4.83. The van der Waals surface area contributed by atoms with Crippen molar-refractivity contribution in [2.24, 2.45) is 5.73 Å². The average Bonchev–Trinajstić information content (AvgIpc) is 2.19. The van der Waals surface area contributed by atoms with Crippen LogP contribution in [0, 0.1) is 0 Å². The van der Waals surface area contributed by atoms with Crippen LogP contribution >= 0.6 is 11.8 Å². The van der Waals surface area contributed by atoms with Crippen molar-refractivity contribution in [1.29, 1.82) is 0 Å². The van der Waals surface area contributed by atoms with Gasteiger partial charge in [0.15, 0.2) is 0 Å². The highest BCUT2D eigenvalue weighted by Gasteiger charge is 2.18. The molecule has 0 spiro atoms. The highest BCUT2D eigenvalue weighted by molar-refractivity contribution is 7.98. The van der Waals surface area contributed by atoms with Crippen molar-refractivity contribution in [3.63, 3.8) is 0 Å². The predicted octanol–water partition coefficient (Wildman–Crippen LogP) is 0.218. The maximum Gasteiger partial charge on any atom is 0.250 e. The van der Waals surface area contributed by atoms with Crippen LogP contribution in [-0.2, 0) is 9.53 Å². The summed E-state index contributed by atoms with van der Waals surface area (Å²) >= 11 is 1.72. The average molecular weight is 220 g/mol.